The smallest absolute Gasteiger partial charge is 0.237 e. The van der Waals surface area contributed by atoms with Gasteiger partial charge in [-0.1, -0.05) is 0 Å². The average Bonchev–Trinajstić information content (AvgIpc) is 2.64. The molecule has 2 heterocycles. The second kappa shape index (κ2) is 3.50. The van der Waals surface area contributed by atoms with Gasteiger partial charge in [0.25, 0.3) is 0 Å². The number of hydrogen-bond donors (Lipinski definition) is 0. The number of fused-ring (bicyclic) bond motifs is 1. The van der Waals surface area contributed by atoms with Crippen molar-refractivity contribution < 1.29 is 4.79 Å². The molecule has 1 aromatic heterocycles. The molecule has 0 unspecified atom stereocenters. The van der Waals surface area contributed by atoms with Crippen molar-refractivity contribution in [3.8, 4) is 6.07 Å². The zero-order valence-electron chi connectivity index (χ0n) is 7.68. The minimum Gasteiger partial charge on any atom is -0.333 e. The largest absolute Gasteiger partial charge is 0.333 e. The van der Waals surface area contributed by atoms with Crippen molar-refractivity contribution in [3.05, 3.63) is 18.2 Å². The van der Waals surface area contributed by atoms with Crippen LogP contribution >= 0.6 is 0 Å². The van der Waals surface area contributed by atoms with Gasteiger partial charge in [-0.25, -0.2) is 4.98 Å². The van der Waals surface area contributed by atoms with E-state index in [-0.39, 0.29) is 12.3 Å². The van der Waals surface area contributed by atoms with Crippen LogP contribution in [0.4, 0.5) is 0 Å². The maximum Gasteiger partial charge on any atom is 0.237 e. The molecule has 0 saturated carbocycles. The average molecular weight is 190 g/mol. The van der Waals surface area contributed by atoms with Crippen molar-refractivity contribution in [2.45, 2.75) is 19.5 Å². The summed E-state index contributed by atoms with van der Waals surface area (Å²) in [7, 11) is 0. The predicted octanol–water partition coefficient (Wildman–Crippen LogP) is 0.139. The summed E-state index contributed by atoms with van der Waals surface area (Å²) in [5.74, 6) is 0.782. The first kappa shape index (κ1) is 8.75. The minimum atomic E-state index is -0.109. The molecule has 0 N–H and O–H groups in total. The second-order valence-electron chi connectivity index (χ2n) is 3.19. The highest BCUT2D eigenvalue weighted by atomic mass is 16.2. The Morgan fingerprint density at radius 1 is 1.64 bits per heavy atom. The van der Waals surface area contributed by atoms with Crippen molar-refractivity contribution in [3.63, 3.8) is 0 Å². The van der Waals surface area contributed by atoms with Gasteiger partial charge in [0.1, 0.15) is 12.2 Å². The lowest BCUT2D eigenvalue weighted by Crippen LogP contribution is -2.37. The Balaban J connectivity index is 2.08. The van der Waals surface area contributed by atoms with E-state index in [9.17, 15) is 4.79 Å². The molecule has 2 rings (SSSR count). The van der Waals surface area contributed by atoms with Crippen molar-refractivity contribution >= 4 is 5.91 Å². The van der Waals surface area contributed by atoms with Crippen LogP contribution in [0.5, 0.6) is 0 Å². The first-order chi connectivity index (χ1) is 6.81. The Morgan fingerprint density at radius 2 is 2.50 bits per heavy atom. The summed E-state index contributed by atoms with van der Waals surface area (Å²) in [6.45, 7) is 1.96. The summed E-state index contributed by atoms with van der Waals surface area (Å²) >= 11 is 0. The number of carbonyl (C=O) groups is 1. The summed E-state index contributed by atoms with van der Waals surface area (Å²) in [6, 6.07) is 1.86. The van der Waals surface area contributed by atoms with Gasteiger partial charge in [0.15, 0.2) is 0 Å². The molecule has 14 heavy (non-hydrogen) atoms. The SMILES string of the molecule is N#CCC(=O)N1CCn2ccnc2C1. The molecule has 0 saturated heterocycles. The van der Waals surface area contributed by atoms with Crippen LogP contribution in [0.2, 0.25) is 0 Å². The third kappa shape index (κ3) is 1.46. The van der Waals surface area contributed by atoms with Crippen LogP contribution in [-0.4, -0.2) is 26.9 Å². The molecule has 5 heteroatoms. The molecule has 1 amide bonds. The number of rotatable bonds is 1. The Bertz CT molecular complexity index is 390. The van der Waals surface area contributed by atoms with Crippen LogP contribution in [-0.2, 0) is 17.9 Å². The lowest BCUT2D eigenvalue weighted by atomic mass is 10.3. The molecule has 0 aliphatic carbocycles. The summed E-state index contributed by atoms with van der Waals surface area (Å²) in [5.41, 5.74) is 0. The van der Waals surface area contributed by atoms with Gasteiger partial charge in [-0.2, -0.15) is 5.26 Å². The molecule has 5 nitrogen and oxygen atoms in total. The molecule has 0 spiro atoms. The molecule has 72 valence electrons. The number of amides is 1. The van der Waals surface area contributed by atoms with E-state index in [1.165, 1.54) is 0 Å². The predicted molar refractivity (Wildman–Crippen MR) is 47.9 cm³/mol. The van der Waals surface area contributed by atoms with E-state index in [2.05, 4.69) is 4.98 Å². The molecule has 0 atom stereocenters. The fraction of sp³-hybridized carbons (Fsp3) is 0.444. The van der Waals surface area contributed by atoms with E-state index in [1.54, 1.807) is 11.1 Å². The zero-order valence-corrected chi connectivity index (χ0v) is 7.68. The standard InChI is InChI=1S/C9H10N4O/c10-2-1-9(14)13-6-5-12-4-3-11-8(12)7-13/h3-4H,1,5-7H2. The minimum absolute atomic E-state index is 0.0410. The third-order valence-corrected chi connectivity index (χ3v) is 2.33. The van der Waals surface area contributed by atoms with Crippen LogP contribution < -0.4 is 0 Å². The van der Waals surface area contributed by atoms with E-state index in [0.29, 0.717) is 13.1 Å². The van der Waals surface area contributed by atoms with Crippen molar-refractivity contribution in [1.29, 1.82) is 5.26 Å². The fourth-order valence-corrected chi connectivity index (χ4v) is 1.57. The maximum absolute atomic E-state index is 11.4. The number of imidazole rings is 1. The van der Waals surface area contributed by atoms with Gasteiger partial charge in [-0.3, -0.25) is 4.79 Å². The normalized spacial score (nSPS) is 14.6. The molecule has 0 bridgehead atoms. The van der Waals surface area contributed by atoms with Crippen LogP contribution in [0, 0.1) is 11.3 Å². The Hall–Kier alpha value is -1.83. The highest BCUT2D eigenvalue weighted by Crippen LogP contribution is 2.10. The maximum atomic E-state index is 11.4. The van der Waals surface area contributed by atoms with Gasteiger partial charge >= 0.3 is 0 Å². The zero-order chi connectivity index (χ0) is 9.97. The lowest BCUT2D eigenvalue weighted by Gasteiger charge is -2.26. The molecule has 0 fully saturated rings. The van der Waals surface area contributed by atoms with Gasteiger partial charge in [0, 0.05) is 25.5 Å². The summed E-state index contributed by atoms with van der Waals surface area (Å²) < 4.78 is 2.02. The van der Waals surface area contributed by atoms with E-state index < -0.39 is 0 Å². The highest BCUT2D eigenvalue weighted by molar-refractivity contribution is 5.78. The van der Waals surface area contributed by atoms with Gasteiger partial charge in [-0.05, 0) is 0 Å². The molecule has 0 aromatic carbocycles. The fourth-order valence-electron chi connectivity index (χ4n) is 1.57. The molecule has 1 aromatic rings. The monoisotopic (exact) mass is 190 g/mol. The van der Waals surface area contributed by atoms with Gasteiger partial charge in [0.05, 0.1) is 12.6 Å². The first-order valence-corrected chi connectivity index (χ1v) is 4.46. The molecule has 1 aliphatic rings. The van der Waals surface area contributed by atoms with Gasteiger partial charge in [0.2, 0.25) is 5.91 Å². The van der Waals surface area contributed by atoms with Crippen LogP contribution in [0.3, 0.4) is 0 Å². The Labute approximate surface area is 81.6 Å². The Kier molecular flexibility index (Phi) is 2.19. The van der Waals surface area contributed by atoms with Crippen LogP contribution in [0.25, 0.3) is 0 Å². The first-order valence-electron chi connectivity index (χ1n) is 4.46. The van der Waals surface area contributed by atoms with Crippen molar-refractivity contribution in [2.75, 3.05) is 6.54 Å². The summed E-state index contributed by atoms with van der Waals surface area (Å²) in [5, 5.41) is 8.40. The van der Waals surface area contributed by atoms with Crippen molar-refractivity contribution in [1.82, 2.24) is 14.5 Å². The topological polar surface area (TPSA) is 61.9 Å². The van der Waals surface area contributed by atoms with Crippen LogP contribution in [0.15, 0.2) is 12.4 Å². The summed E-state index contributed by atoms with van der Waals surface area (Å²) in [6.07, 6.45) is 3.59. The van der Waals surface area contributed by atoms with Gasteiger partial charge in [-0.15, -0.1) is 0 Å². The van der Waals surface area contributed by atoms with E-state index in [4.69, 9.17) is 5.26 Å². The second-order valence-corrected chi connectivity index (χ2v) is 3.19. The molecule has 1 aliphatic heterocycles. The van der Waals surface area contributed by atoms with Crippen LogP contribution in [0.1, 0.15) is 12.2 Å². The number of hydrogen-bond acceptors (Lipinski definition) is 3. The van der Waals surface area contributed by atoms with E-state index in [1.807, 2.05) is 16.8 Å². The quantitative estimate of drug-likeness (QED) is 0.632. The Morgan fingerprint density at radius 3 is 3.29 bits per heavy atom. The number of nitriles is 1. The van der Waals surface area contributed by atoms with E-state index >= 15 is 0 Å². The number of nitrogens with zero attached hydrogens (tertiary/aromatic N) is 4. The van der Waals surface area contributed by atoms with Crippen molar-refractivity contribution in [2.24, 2.45) is 0 Å². The lowest BCUT2D eigenvalue weighted by molar-refractivity contribution is -0.131. The number of aromatic nitrogens is 2. The summed E-state index contributed by atoms with van der Waals surface area (Å²) in [4.78, 5) is 17.2. The molecular weight excluding hydrogens is 180 g/mol. The molecule has 0 radical (unpaired) electrons. The number of carbonyl (C=O) groups excluding carboxylic acids is 1. The third-order valence-electron chi connectivity index (χ3n) is 2.33. The van der Waals surface area contributed by atoms with Gasteiger partial charge < -0.3 is 9.47 Å². The highest BCUT2D eigenvalue weighted by Gasteiger charge is 2.20. The molecular formula is C9H10N4O. The van der Waals surface area contributed by atoms with E-state index in [0.717, 1.165) is 12.4 Å².